The lowest BCUT2D eigenvalue weighted by Crippen LogP contribution is -1.99. The highest BCUT2D eigenvalue weighted by atomic mass is 35.5. The normalized spacial score (nSPS) is 14.9. The Morgan fingerprint density at radius 2 is 1.88 bits per heavy atom. The Morgan fingerprint density at radius 3 is 2.58 bits per heavy atom. The van der Waals surface area contributed by atoms with Gasteiger partial charge in [0, 0.05) is 39.4 Å². The molecule has 0 radical (unpaired) electrons. The number of ketones is 1. The van der Waals surface area contributed by atoms with Crippen molar-refractivity contribution in [2.75, 3.05) is 0 Å². The summed E-state index contributed by atoms with van der Waals surface area (Å²) >= 11 is 5.96. The van der Waals surface area contributed by atoms with Crippen LogP contribution in [0.3, 0.4) is 0 Å². The van der Waals surface area contributed by atoms with E-state index in [0.29, 0.717) is 28.1 Å². The van der Waals surface area contributed by atoms with Crippen LogP contribution in [0.2, 0.25) is 5.02 Å². The summed E-state index contributed by atoms with van der Waals surface area (Å²) in [6.45, 7) is 3.90. The lowest BCUT2D eigenvalue weighted by atomic mass is 10.1. The Bertz CT molecular complexity index is 1060. The smallest absolute Gasteiger partial charge is 0.189 e. The molecule has 4 nitrogen and oxygen atoms in total. The number of fused-ring (bicyclic) bond motifs is 1. The Hall–Kier alpha value is -2.85. The molecule has 0 atom stereocenters. The summed E-state index contributed by atoms with van der Waals surface area (Å²) in [7, 11) is 0. The van der Waals surface area contributed by atoms with Crippen molar-refractivity contribution in [1.82, 2.24) is 9.78 Å². The van der Waals surface area contributed by atoms with Crippen molar-refractivity contribution in [3.05, 3.63) is 81.1 Å². The van der Waals surface area contributed by atoms with Gasteiger partial charge in [-0.25, -0.2) is 4.68 Å². The zero-order valence-corrected chi connectivity index (χ0v) is 15.2. The van der Waals surface area contributed by atoms with E-state index in [0.717, 1.165) is 22.6 Å². The summed E-state index contributed by atoms with van der Waals surface area (Å²) in [5, 5.41) is 15.3. The molecule has 1 aliphatic rings. The van der Waals surface area contributed by atoms with Crippen LogP contribution in [-0.4, -0.2) is 20.7 Å². The molecule has 3 aromatic rings. The fourth-order valence-electron chi connectivity index (χ4n) is 3.41. The first kappa shape index (κ1) is 16.6. The molecule has 5 heteroatoms. The number of allylic oxidation sites excluding steroid dienone is 1. The number of aryl methyl sites for hydroxylation is 1. The fraction of sp³-hybridized carbons (Fsp3) is 0.143. The van der Waals surface area contributed by atoms with Crippen molar-refractivity contribution in [1.29, 1.82) is 0 Å². The number of carbonyl (C=O) groups excluding carboxylic acids is 1. The van der Waals surface area contributed by atoms with Crippen LogP contribution in [0.25, 0.3) is 11.8 Å². The molecule has 0 saturated heterocycles. The number of carbonyl (C=O) groups is 1. The first-order valence-electron chi connectivity index (χ1n) is 8.34. The number of phenols is 1. The van der Waals surface area contributed by atoms with E-state index in [9.17, 15) is 9.90 Å². The third-order valence-corrected chi connectivity index (χ3v) is 5.04. The molecule has 0 fully saturated rings. The number of halogens is 1. The number of hydrogen-bond acceptors (Lipinski definition) is 3. The topological polar surface area (TPSA) is 55.1 Å². The van der Waals surface area contributed by atoms with E-state index in [1.54, 1.807) is 18.2 Å². The van der Waals surface area contributed by atoms with Gasteiger partial charge >= 0.3 is 0 Å². The SMILES string of the molecule is Cc1nn(-c2ccc(Cl)cc2)c(C)c1/C=C1\Cc2c(O)cccc2C1=O. The number of nitrogens with zero attached hydrogens (tertiary/aromatic N) is 2. The van der Waals surface area contributed by atoms with Gasteiger partial charge in [0.1, 0.15) is 5.75 Å². The number of benzene rings is 2. The summed E-state index contributed by atoms with van der Waals surface area (Å²) in [6, 6.07) is 12.5. The molecular formula is C21H17ClN2O2. The molecule has 0 bridgehead atoms. The number of hydrogen-bond donors (Lipinski definition) is 1. The summed E-state index contributed by atoms with van der Waals surface area (Å²) in [6.07, 6.45) is 2.33. The molecule has 0 spiro atoms. The van der Waals surface area contributed by atoms with Gasteiger partial charge in [-0.05, 0) is 50.3 Å². The highest BCUT2D eigenvalue weighted by Crippen LogP contribution is 2.34. The standard InChI is InChI=1S/C21H17ClN2O2/c1-12-18(13(2)24(23-12)16-8-6-15(22)7-9-16)10-14-11-19-17(21(14)26)4-3-5-20(19)25/h3-10,25H,11H2,1-2H3/b14-10+. The van der Waals surface area contributed by atoms with Gasteiger partial charge in [0.25, 0.3) is 0 Å². The minimum atomic E-state index is -0.0334. The Kier molecular flexibility index (Phi) is 3.93. The maximum absolute atomic E-state index is 12.7. The van der Waals surface area contributed by atoms with Gasteiger partial charge in [-0.3, -0.25) is 4.79 Å². The van der Waals surface area contributed by atoms with Crippen LogP contribution in [0.5, 0.6) is 5.75 Å². The van der Waals surface area contributed by atoms with E-state index in [1.165, 1.54) is 0 Å². The van der Waals surface area contributed by atoms with Gasteiger partial charge < -0.3 is 5.11 Å². The molecule has 1 aliphatic carbocycles. The molecule has 26 heavy (non-hydrogen) atoms. The van der Waals surface area contributed by atoms with Gasteiger partial charge in [-0.1, -0.05) is 23.7 Å². The van der Waals surface area contributed by atoms with Crippen molar-refractivity contribution >= 4 is 23.5 Å². The number of rotatable bonds is 2. The van der Waals surface area contributed by atoms with Crippen LogP contribution in [0.4, 0.5) is 0 Å². The van der Waals surface area contributed by atoms with E-state index in [-0.39, 0.29) is 11.5 Å². The molecule has 0 saturated carbocycles. The Labute approximate surface area is 156 Å². The predicted octanol–water partition coefficient (Wildman–Crippen LogP) is 4.67. The maximum atomic E-state index is 12.7. The Morgan fingerprint density at radius 1 is 1.15 bits per heavy atom. The highest BCUT2D eigenvalue weighted by Gasteiger charge is 2.27. The lowest BCUT2D eigenvalue weighted by molar-refractivity contribution is 0.104. The van der Waals surface area contributed by atoms with Crippen LogP contribution >= 0.6 is 11.6 Å². The third-order valence-electron chi connectivity index (χ3n) is 4.79. The van der Waals surface area contributed by atoms with Gasteiger partial charge in [0.15, 0.2) is 5.78 Å². The van der Waals surface area contributed by atoms with Gasteiger partial charge in [-0.15, -0.1) is 0 Å². The zero-order chi connectivity index (χ0) is 18.4. The quantitative estimate of drug-likeness (QED) is 0.672. The average Bonchev–Trinajstić information content (AvgIpc) is 3.09. The highest BCUT2D eigenvalue weighted by molar-refractivity contribution is 6.30. The monoisotopic (exact) mass is 364 g/mol. The van der Waals surface area contributed by atoms with Crippen molar-refractivity contribution < 1.29 is 9.90 Å². The van der Waals surface area contributed by atoms with Crippen molar-refractivity contribution in [3.63, 3.8) is 0 Å². The largest absolute Gasteiger partial charge is 0.508 e. The average molecular weight is 365 g/mol. The number of aromatic nitrogens is 2. The molecule has 1 aromatic heterocycles. The van der Waals surface area contributed by atoms with Crippen LogP contribution in [-0.2, 0) is 6.42 Å². The van der Waals surface area contributed by atoms with Crippen LogP contribution in [0.1, 0.15) is 32.9 Å². The van der Waals surface area contributed by atoms with Crippen LogP contribution < -0.4 is 0 Å². The van der Waals surface area contributed by atoms with Gasteiger partial charge in [-0.2, -0.15) is 5.10 Å². The number of aromatic hydroxyl groups is 1. The maximum Gasteiger partial charge on any atom is 0.189 e. The first-order valence-corrected chi connectivity index (χ1v) is 8.72. The summed E-state index contributed by atoms with van der Waals surface area (Å²) in [5.41, 5.74) is 5.58. The van der Waals surface area contributed by atoms with Gasteiger partial charge in [0.2, 0.25) is 0 Å². The van der Waals surface area contributed by atoms with Crippen molar-refractivity contribution in [2.24, 2.45) is 0 Å². The minimum Gasteiger partial charge on any atom is -0.508 e. The van der Waals surface area contributed by atoms with E-state index in [2.05, 4.69) is 5.10 Å². The van der Waals surface area contributed by atoms with Gasteiger partial charge in [0.05, 0.1) is 11.4 Å². The summed E-state index contributed by atoms with van der Waals surface area (Å²) in [5.74, 6) is 0.137. The number of Topliss-reactive ketones (excluding diaryl/α,β-unsaturated/α-hetero) is 1. The van der Waals surface area contributed by atoms with Crippen molar-refractivity contribution in [2.45, 2.75) is 20.3 Å². The van der Waals surface area contributed by atoms with Crippen LogP contribution in [0.15, 0.2) is 48.0 Å². The molecular weight excluding hydrogens is 348 g/mol. The molecule has 1 N–H and O–H groups in total. The second-order valence-corrected chi connectivity index (χ2v) is 6.89. The molecule has 2 aromatic carbocycles. The third kappa shape index (κ3) is 2.63. The fourth-order valence-corrected chi connectivity index (χ4v) is 3.53. The summed E-state index contributed by atoms with van der Waals surface area (Å²) in [4.78, 5) is 12.7. The number of phenolic OH excluding ortho intramolecular Hbond substituents is 1. The van der Waals surface area contributed by atoms with E-state index in [4.69, 9.17) is 11.6 Å². The van der Waals surface area contributed by atoms with Crippen LogP contribution in [0, 0.1) is 13.8 Å². The van der Waals surface area contributed by atoms with E-state index in [1.807, 2.05) is 48.9 Å². The molecule has 130 valence electrons. The van der Waals surface area contributed by atoms with E-state index < -0.39 is 0 Å². The molecule has 0 amide bonds. The lowest BCUT2D eigenvalue weighted by Gasteiger charge is -2.04. The zero-order valence-electron chi connectivity index (χ0n) is 14.5. The summed E-state index contributed by atoms with van der Waals surface area (Å²) < 4.78 is 1.85. The predicted molar refractivity (Wildman–Crippen MR) is 102 cm³/mol. The molecule has 1 heterocycles. The minimum absolute atomic E-state index is 0.0334. The second-order valence-electron chi connectivity index (χ2n) is 6.45. The molecule has 0 aliphatic heterocycles. The molecule has 4 rings (SSSR count). The molecule has 0 unspecified atom stereocenters. The van der Waals surface area contributed by atoms with E-state index >= 15 is 0 Å². The first-order chi connectivity index (χ1) is 12.5. The Balaban J connectivity index is 1.76. The second kappa shape index (κ2) is 6.15. The van der Waals surface area contributed by atoms with Crippen molar-refractivity contribution in [3.8, 4) is 11.4 Å².